The van der Waals surface area contributed by atoms with Gasteiger partial charge in [0.25, 0.3) is 5.91 Å². The van der Waals surface area contributed by atoms with Crippen molar-refractivity contribution in [2.75, 3.05) is 10.6 Å². The lowest BCUT2D eigenvalue weighted by Gasteiger charge is -2.10. The molecule has 30 heavy (non-hydrogen) atoms. The topological polar surface area (TPSA) is 66.9 Å². The molecule has 0 fully saturated rings. The minimum Gasteiger partial charge on any atom is -0.340 e. The molecule has 7 heteroatoms. The average Bonchev–Trinajstić information content (AvgIpc) is 2.76. The summed E-state index contributed by atoms with van der Waals surface area (Å²) in [5, 5.41) is 6.60. The Balaban J connectivity index is 1.50. The molecule has 1 amide bonds. The van der Waals surface area contributed by atoms with Crippen LogP contribution >= 0.6 is 11.6 Å². The molecule has 0 aliphatic heterocycles. The third-order valence-corrected chi connectivity index (χ3v) is 4.51. The van der Waals surface area contributed by atoms with E-state index in [9.17, 15) is 9.18 Å². The van der Waals surface area contributed by atoms with Gasteiger partial charge >= 0.3 is 0 Å². The second-order valence-electron chi connectivity index (χ2n) is 6.44. The molecule has 0 bridgehead atoms. The lowest BCUT2D eigenvalue weighted by Crippen LogP contribution is -2.12. The molecule has 0 aliphatic carbocycles. The molecular weight excluding hydrogens is 403 g/mol. The van der Waals surface area contributed by atoms with Crippen LogP contribution in [0.5, 0.6) is 0 Å². The first kappa shape index (κ1) is 19.5. The summed E-state index contributed by atoms with van der Waals surface area (Å²) in [6.45, 7) is 0. The van der Waals surface area contributed by atoms with Gasteiger partial charge in [-0.1, -0.05) is 17.7 Å². The van der Waals surface area contributed by atoms with Crippen molar-refractivity contribution in [3.63, 3.8) is 0 Å². The molecule has 1 heterocycles. The molecule has 2 N–H and O–H groups in total. The van der Waals surface area contributed by atoms with E-state index < -0.39 is 0 Å². The Morgan fingerprint density at radius 2 is 1.67 bits per heavy atom. The summed E-state index contributed by atoms with van der Waals surface area (Å²) < 4.78 is 13.1. The molecule has 4 rings (SSSR count). The summed E-state index contributed by atoms with van der Waals surface area (Å²) in [6.07, 6.45) is 1.62. The van der Waals surface area contributed by atoms with Crippen molar-refractivity contribution in [2.45, 2.75) is 0 Å². The zero-order valence-electron chi connectivity index (χ0n) is 15.6. The van der Waals surface area contributed by atoms with Crippen molar-refractivity contribution < 1.29 is 9.18 Å². The second kappa shape index (κ2) is 8.71. The highest BCUT2D eigenvalue weighted by Crippen LogP contribution is 2.21. The first-order valence-electron chi connectivity index (χ1n) is 9.10. The van der Waals surface area contributed by atoms with Crippen LogP contribution in [0, 0.1) is 5.82 Å². The Kier molecular flexibility index (Phi) is 5.68. The van der Waals surface area contributed by atoms with Crippen molar-refractivity contribution in [1.29, 1.82) is 0 Å². The van der Waals surface area contributed by atoms with Crippen LogP contribution in [-0.2, 0) is 0 Å². The molecule has 0 atom stereocenters. The van der Waals surface area contributed by atoms with Gasteiger partial charge in [-0.05, 0) is 72.8 Å². The highest BCUT2D eigenvalue weighted by Gasteiger charge is 2.08. The maximum atomic E-state index is 13.1. The fraction of sp³-hybridized carbons (Fsp3) is 0. The van der Waals surface area contributed by atoms with Crippen molar-refractivity contribution in [3.8, 4) is 11.4 Å². The Morgan fingerprint density at radius 3 is 2.43 bits per heavy atom. The van der Waals surface area contributed by atoms with E-state index in [-0.39, 0.29) is 11.7 Å². The van der Waals surface area contributed by atoms with Gasteiger partial charge in [0.2, 0.25) is 0 Å². The van der Waals surface area contributed by atoms with Crippen LogP contribution in [-0.4, -0.2) is 15.9 Å². The molecule has 4 aromatic rings. The Morgan fingerprint density at radius 1 is 0.900 bits per heavy atom. The van der Waals surface area contributed by atoms with Crippen molar-refractivity contribution in [2.24, 2.45) is 0 Å². The predicted octanol–water partition coefficient (Wildman–Crippen LogP) is 5.93. The van der Waals surface area contributed by atoms with Crippen LogP contribution in [0.1, 0.15) is 10.4 Å². The summed E-state index contributed by atoms with van der Waals surface area (Å²) in [5.74, 6) is 0.466. The average molecular weight is 419 g/mol. The molecule has 0 saturated carbocycles. The van der Waals surface area contributed by atoms with Gasteiger partial charge in [0, 0.05) is 33.7 Å². The Labute approximate surface area is 177 Å². The Bertz CT molecular complexity index is 1180. The summed E-state index contributed by atoms with van der Waals surface area (Å²) in [4.78, 5) is 21.2. The van der Waals surface area contributed by atoms with Crippen LogP contribution in [0.15, 0.2) is 85.1 Å². The third-order valence-electron chi connectivity index (χ3n) is 4.26. The van der Waals surface area contributed by atoms with E-state index in [0.29, 0.717) is 39.2 Å². The maximum Gasteiger partial charge on any atom is 0.255 e. The van der Waals surface area contributed by atoms with E-state index in [0.717, 1.165) is 0 Å². The molecule has 0 saturated heterocycles. The van der Waals surface area contributed by atoms with E-state index in [1.807, 2.05) is 6.07 Å². The molecule has 148 valence electrons. The standard InChI is InChI=1S/C23H16ClFN4O/c24-17-6-10-19(11-7-17)28-23(30)16-2-1-3-20(14-16)27-21-12-13-26-22(29-21)15-4-8-18(25)9-5-15/h1-14H,(H,28,30)(H,26,27,29). The molecule has 1 aromatic heterocycles. The molecule has 0 unspecified atom stereocenters. The Hall–Kier alpha value is -3.77. The number of carbonyl (C=O) groups excluding carboxylic acids is 1. The highest BCUT2D eigenvalue weighted by atomic mass is 35.5. The van der Waals surface area contributed by atoms with Crippen LogP contribution in [0.3, 0.4) is 0 Å². The molecule has 5 nitrogen and oxygen atoms in total. The number of hydrogen-bond donors (Lipinski definition) is 2. The molecule has 0 radical (unpaired) electrons. The van der Waals surface area contributed by atoms with Crippen molar-refractivity contribution in [3.05, 3.63) is 101 Å². The molecule has 0 aliphatic rings. The van der Waals surface area contributed by atoms with Gasteiger partial charge in [-0.3, -0.25) is 4.79 Å². The summed E-state index contributed by atoms with van der Waals surface area (Å²) in [7, 11) is 0. The lowest BCUT2D eigenvalue weighted by atomic mass is 10.1. The van der Waals surface area contributed by atoms with Crippen LogP contribution in [0.4, 0.5) is 21.6 Å². The number of nitrogens with one attached hydrogen (secondary N) is 2. The predicted molar refractivity (Wildman–Crippen MR) is 117 cm³/mol. The number of hydrogen-bond acceptors (Lipinski definition) is 4. The molecule has 0 spiro atoms. The fourth-order valence-corrected chi connectivity index (χ4v) is 2.91. The first-order valence-corrected chi connectivity index (χ1v) is 9.48. The van der Waals surface area contributed by atoms with Gasteiger partial charge < -0.3 is 10.6 Å². The number of amides is 1. The minimum atomic E-state index is -0.318. The van der Waals surface area contributed by atoms with Crippen molar-refractivity contribution in [1.82, 2.24) is 9.97 Å². The van der Waals surface area contributed by atoms with E-state index in [2.05, 4.69) is 20.6 Å². The van der Waals surface area contributed by atoms with Gasteiger partial charge in [-0.2, -0.15) is 0 Å². The SMILES string of the molecule is O=C(Nc1ccc(Cl)cc1)c1cccc(Nc2ccnc(-c3ccc(F)cc3)n2)c1. The number of anilines is 3. The van der Waals surface area contributed by atoms with E-state index in [4.69, 9.17) is 11.6 Å². The highest BCUT2D eigenvalue weighted by molar-refractivity contribution is 6.30. The van der Waals surface area contributed by atoms with Gasteiger partial charge in [0.15, 0.2) is 5.82 Å². The third kappa shape index (κ3) is 4.79. The van der Waals surface area contributed by atoms with Crippen molar-refractivity contribution >= 4 is 34.7 Å². The number of rotatable bonds is 5. The largest absolute Gasteiger partial charge is 0.340 e. The van der Waals surface area contributed by atoms with E-state index in [1.165, 1.54) is 12.1 Å². The zero-order chi connectivity index (χ0) is 20.9. The molecule has 3 aromatic carbocycles. The lowest BCUT2D eigenvalue weighted by molar-refractivity contribution is 0.102. The number of nitrogens with zero attached hydrogens (tertiary/aromatic N) is 2. The normalized spacial score (nSPS) is 10.5. The number of benzene rings is 3. The number of carbonyl (C=O) groups is 1. The first-order chi connectivity index (χ1) is 14.6. The van der Waals surface area contributed by atoms with Gasteiger partial charge in [-0.15, -0.1) is 0 Å². The summed E-state index contributed by atoms with van der Waals surface area (Å²) in [6, 6.07) is 21.6. The summed E-state index contributed by atoms with van der Waals surface area (Å²) in [5.41, 5.74) is 2.55. The van der Waals surface area contributed by atoms with Gasteiger partial charge in [-0.25, -0.2) is 14.4 Å². The minimum absolute atomic E-state index is 0.240. The number of aromatic nitrogens is 2. The van der Waals surface area contributed by atoms with Crippen LogP contribution in [0.25, 0.3) is 11.4 Å². The fourth-order valence-electron chi connectivity index (χ4n) is 2.79. The molecular formula is C23H16ClFN4O. The smallest absolute Gasteiger partial charge is 0.255 e. The van der Waals surface area contributed by atoms with Crippen LogP contribution in [0.2, 0.25) is 5.02 Å². The quantitative estimate of drug-likeness (QED) is 0.421. The monoisotopic (exact) mass is 418 g/mol. The maximum absolute atomic E-state index is 13.1. The number of halogens is 2. The van der Waals surface area contributed by atoms with E-state index >= 15 is 0 Å². The van der Waals surface area contributed by atoms with E-state index in [1.54, 1.807) is 66.9 Å². The van der Waals surface area contributed by atoms with Gasteiger partial charge in [0.05, 0.1) is 0 Å². The summed E-state index contributed by atoms with van der Waals surface area (Å²) >= 11 is 5.87. The zero-order valence-corrected chi connectivity index (χ0v) is 16.4. The van der Waals surface area contributed by atoms with Crippen LogP contribution < -0.4 is 10.6 Å². The van der Waals surface area contributed by atoms with Gasteiger partial charge in [0.1, 0.15) is 11.6 Å². The second-order valence-corrected chi connectivity index (χ2v) is 6.88.